The van der Waals surface area contributed by atoms with Gasteiger partial charge in [0.05, 0.1) is 0 Å². The lowest BCUT2D eigenvalue weighted by molar-refractivity contribution is 0.436. The van der Waals surface area contributed by atoms with Crippen LogP contribution in [0.2, 0.25) is 0 Å². The van der Waals surface area contributed by atoms with E-state index in [9.17, 15) is 10.2 Å². The summed E-state index contributed by atoms with van der Waals surface area (Å²) in [7, 11) is 1.92. The first-order valence-electron chi connectivity index (χ1n) is 6.30. The number of rotatable bonds is 5. The second kappa shape index (κ2) is 5.75. The summed E-state index contributed by atoms with van der Waals surface area (Å²) in [5.41, 5.74) is 1.94. The van der Waals surface area contributed by atoms with E-state index in [4.69, 9.17) is 0 Å². The Hall–Kier alpha value is -2.01. The Morgan fingerprint density at radius 1 is 1.32 bits per heavy atom. The Morgan fingerprint density at radius 3 is 2.74 bits per heavy atom. The van der Waals surface area contributed by atoms with Crippen molar-refractivity contribution in [1.82, 2.24) is 15.1 Å². The van der Waals surface area contributed by atoms with Gasteiger partial charge in [-0.3, -0.25) is 4.68 Å². The normalized spacial score (nSPS) is 12.5. The SMILES string of the molecule is CC(NCCc1ccnn1C)c1ccc(O)cc1O. The quantitative estimate of drug-likeness (QED) is 0.766. The van der Waals surface area contributed by atoms with E-state index < -0.39 is 0 Å². The fourth-order valence-electron chi connectivity index (χ4n) is 2.07. The number of aromatic hydroxyl groups is 2. The van der Waals surface area contributed by atoms with Gasteiger partial charge in [-0.05, 0) is 19.1 Å². The molecule has 1 heterocycles. The van der Waals surface area contributed by atoms with E-state index in [0.29, 0.717) is 0 Å². The van der Waals surface area contributed by atoms with Crippen LogP contribution in [-0.2, 0) is 13.5 Å². The van der Waals surface area contributed by atoms with Crippen molar-refractivity contribution in [3.05, 3.63) is 41.7 Å². The Balaban J connectivity index is 1.91. The Labute approximate surface area is 112 Å². The van der Waals surface area contributed by atoms with Crippen LogP contribution in [0, 0.1) is 0 Å². The van der Waals surface area contributed by atoms with Crippen molar-refractivity contribution in [2.75, 3.05) is 6.54 Å². The number of aryl methyl sites for hydroxylation is 1. The molecule has 1 aromatic carbocycles. The molecule has 0 spiro atoms. The van der Waals surface area contributed by atoms with E-state index in [1.165, 1.54) is 6.07 Å². The minimum absolute atomic E-state index is 0.0221. The summed E-state index contributed by atoms with van der Waals surface area (Å²) < 4.78 is 1.85. The lowest BCUT2D eigenvalue weighted by atomic mass is 10.1. The van der Waals surface area contributed by atoms with E-state index in [0.717, 1.165) is 24.2 Å². The fourth-order valence-corrected chi connectivity index (χ4v) is 2.07. The summed E-state index contributed by atoms with van der Waals surface area (Å²) in [5, 5.41) is 26.5. The molecule has 0 saturated carbocycles. The first-order valence-corrected chi connectivity index (χ1v) is 6.30. The van der Waals surface area contributed by atoms with Crippen LogP contribution in [0.1, 0.15) is 24.2 Å². The van der Waals surface area contributed by atoms with Gasteiger partial charge in [0.25, 0.3) is 0 Å². The monoisotopic (exact) mass is 261 g/mol. The first kappa shape index (κ1) is 13.4. The molecular weight excluding hydrogens is 242 g/mol. The second-order valence-electron chi connectivity index (χ2n) is 4.62. The molecule has 5 heteroatoms. The van der Waals surface area contributed by atoms with Gasteiger partial charge >= 0.3 is 0 Å². The first-order chi connectivity index (χ1) is 9.08. The molecule has 0 amide bonds. The largest absolute Gasteiger partial charge is 0.508 e. The predicted octanol–water partition coefficient (Wildman–Crippen LogP) is 1.72. The highest BCUT2D eigenvalue weighted by Crippen LogP contribution is 2.27. The van der Waals surface area contributed by atoms with Crippen molar-refractivity contribution in [3.63, 3.8) is 0 Å². The van der Waals surface area contributed by atoms with Gasteiger partial charge in [0.2, 0.25) is 0 Å². The highest BCUT2D eigenvalue weighted by molar-refractivity contribution is 5.40. The molecule has 0 aliphatic carbocycles. The van der Waals surface area contributed by atoms with Crippen molar-refractivity contribution in [2.24, 2.45) is 7.05 Å². The van der Waals surface area contributed by atoms with Gasteiger partial charge in [-0.2, -0.15) is 5.10 Å². The summed E-state index contributed by atoms with van der Waals surface area (Å²) in [5.74, 6) is 0.184. The lowest BCUT2D eigenvalue weighted by Gasteiger charge is -2.15. The van der Waals surface area contributed by atoms with Crippen LogP contribution in [-0.4, -0.2) is 26.5 Å². The summed E-state index contributed by atoms with van der Waals surface area (Å²) >= 11 is 0. The molecule has 0 saturated heterocycles. The van der Waals surface area contributed by atoms with Gasteiger partial charge in [0.1, 0.15) is 11.5 Å². The number of aromatic nitrogens is 2. The third-order valence-electron chi connectivity index (χ3n) is 3.23. The zero-order valence-electron chi connectivity index (χ0n) is 11.2. The Morgan fingerprint density at radius 2 is 2.11 bits per heavy atom. The molecule has 0 fully saturated rings. The van der Waals surface area contributed by atoms with Crippen LogP contribution in [0.5, 0.6) is 11.5 Å². The molecule has 0 radical (unpaired) electrons. The van der Waals surface area contributed by atoms with Crippen LogP contribution in [0.15, 0.2) is 30.5 Å². The van der Waals surface area contributed by atoms with E-state index in [1.807, 2.05) is 24.7 Å². The van der Waals surface area contributed by atoms with Crippen molar-refractivity contribution in [3.8, 4) is 11.5 Å². The summed E-state index contributed by atoms with van der Waals surface area (Å²) in [4.78, 5) is 0. The molecule has 2 aromatic rings. The Bertz CT molecular complexity index is 551. The molecule has 102 valence electrons. The molecule has 0 bridgehead atoms. The number of phenols is 2. The summed E-state index contributed by atoms with van der Waals surface area (Å²) in [6.07, 6.45) is 2.66. The highest BCUT2D eigenvalue weighted by atomic mass is 16.3. The van der Waals surface area contributed by atoms with Crippen molar-refractivity contribution >= 4 is 0 Å². The molecule has 0 aliphatic heterocycles. The smallest absolute Gasteiger partial charge is 0.124 e. The number of benzene rings is 1. The number of hydrogen-bond donors (Lipinski definition) is 3. The molecule has 1 aromatic heterocycles. The van der Waals surface area contributed by atoms with Crippen molar-refractivity contribution in [2.45, 2.75) is 19.4 Å². The zero-order valence-corrected chi connectivity index (χ0v) is 11.2. The molecular formula is C14H19N3O2. The van der Waals surface area contributed by atoms with Gasteiger partial charge in [0.15, 0.2) is 0 Å². The molecule has 1 unspecified atom stereocenters. The van der Waals surface area contributed by atoms with Gasteiger partial charge < -0.3 is 15.5 Å². The number of nitrogens with one attached hydrogen (secondary N) is 1. The van der Waals surface area contributed by atoms with E-state index in [1.54, 1.807) is 18.3 Å². The van der Waals surface area contributed by atoms with E-state index in [-0.39, 0.29) is 17.5 Å². The fraction of sp³-hybridized carbons (Fsp3) is 0.357. The van der Waals surface area contributed by atoms with Gasteiger partial charge in [-0.1, -0.05) is 6.07 Å². The van der Waals surface area contributed by atoms with Crippen LogP contribution >= 0.6 is 0 Å². The van der Waals surface area contributed by atoms with Crippen LogP contribution < -0.4 is 5.32 Å². The van der Waals surface area contributed by atoms with Crippen LogP contribution in [0.3, 0.4) is 0 Å². The van der Waals surface area contributed by atoms with Crippen molar-refractivity contribution in [1.29, 1.82) is 0 Å². The van der Waals surface area contributed by atoms with Crippen LogP contribution in [0.4, 0.5) is 0 Å². The third kappa shape index (κ3) is 3.26. The van der Waals surface area contributed by atoms with Gasteiger partial charge in [0, 0.05) is 49.6 Å². The molecule has 0 aliphatic rings. The summed E-state index contributed by atoms with van der Waals surface area (Å²) in [6, 6.07) is 6.67. The maximum atomic E-state index is 9.78. The standard InChI is InChI=1S/C14H19N3O2/c1-10(13-4-3-12(18)9-14(13)19)15-7-5-11-6-8-16-17(11)2/h3-4,6,8-10,15,18-19H,5,7H2,1-2H3. The maximum absolute atomic E-state index is 9.78. The van der Waals surface area contributed by atoms with Gasteiger partial charge in [-0.15, -0.1) is 0 Å². The minimum atomic E-state index is 0.0221. The molecule has 3 N–H and O–H groups in total. The second-order valence-corrected chi connectivity index (χ2v) is 4.62. The van der Waals surface area contributed by atoms with Crippen molar-refractivity contribution < 1.29 is 10.2 Å². The van der Waals surface area contributed by atoms with Gasteiger partial charge in [-0.25, -0.2) is 0 Å². The van der Waals surface area contributed by atoms with Crippen LogP contribution in [0.25, 0.3) is 0 Å². The minimum Gasteiger partial charge on any atom is -0.508 e. The Kier molecular flexibility index (Phi) is 4.06. The topological polar surface area (TPSA) is 70.3 Å². The molecule has 1 atom stereocenters. The number of phenolic OH excluding ortho intramolecular Hbond substituents is 2. The molecule has 2 rings (SSSR count). The molecule has 5 nitrogen and oxygen atoms in total. The van der Waals surface area contributed by atoms with E-state index >= 15 is 0 Å². The summed E-state index contributed by atoms with van der Waals surface area (Å²) in [6.45, 7) is 2.77. The zero-order chi connectivity index (χ0) is 13.8. The third-order valence-corrected chi connectivity index (χ3v) is 3.23. The average Bonchev–Trinajstić information content (AvgIpc) is 2.75. The molecule has 19 heavy (non-hydrogen) atoms. The highest BCUT2D eigenvalue weighted by Gasteiger charge is 2.10. The number of nitrogens with zero attached hydrogens (tertiary/aromatic N) is 2. The number of hydrogen-bond acceptors (Lipinski definition) is 4. The maximum Gasteiger partial charge on any atom is 0.124 e. The van der Waals surface area contributed by atoms with E-state index in [2.05, 4.69) is 10.4 Å². The average molecular weight is 261 g/mol. The predicted molar refractivity (Wildman–Crippen MR) is 73.1 cm³/mol. The lowest BCUT2D eigenvalue weighted by Crippen LogP contribution is -2.22.